The van der Waals surface area contributed by atoms with Crippen LogP contribution in [0.2, 0.25) is 0 Å². The molecular formula is C18H18FN5O. The molecule has 0 unspecified atom stereocenters. The molecule has 1 aromatic heterocycles. The second kappa shape index (κ2) is 7.06. The number of hydrogen-bond donors (Lipinski definition) is 4. The predicted octanol–water partition coefficient (Wildman–Crippen LogP) is 2.92. The van der Waals surface area contributed by atoms with E-state index < -0.39 is 0 Å². The number of nitrogens with two attached hydrogens (primary N) is 3. The van der Waals surface area contributed by atoms with Crippen LogP contribution in [0.5, 0.6) is 5.75 Å². The highest BCUT2D eigenvalue weighted by Crippen LogP contribution is 2.30. The van der Waals surface area contributed by atoms with Gasteiger partial charge in [-0.15, -0.1) is 0 Å². The van der Waals surface area contributed by atoms with Crippen molar-refractivity contribution in [2.45, 2.75) is 6.61 Å². The minimum atomic E-state index is -0.256. The van der Waals surface area contributed by atoms with Crippen molar-refractivity contribution < 1.29 is 9.13 Å². The fraction of sp³-hybridized carbons (Fsp3) is 0.0556. The van der Waals surface area contributed by atoms with Gasteiger partial charge in [0.2, 0.25) is 0 Å². The van der Waals surface area contributed by atoms with E-state index in [-0.39, 0.29) is 29.7 Å². The van der Waals surface area contributed by atoms with E-state index in [0.717, 1.165) is 11.1 Å². The molecule has 0 aliphatic rings. The first-order valence-corrected chi connectivity index (χ1v) is 7.57. The first kappa shape index (κ1) is 16.5. The zero-order chi connectivity index (χ0) is 17.8. The second-order valence-corrected chi connectivity index (χ2v) is 5.42. The number of nitrogens with one attached hydrogen (secondary N) is 1. The molecule has 1 heterocycles. The van der Waals surface area contributed by atoms with E-state index in [2.05, 4.69) is 10.4 Å². The van der Waals surface area contributed by atoms with Crippen LogP contribution < -0.4 is 27.5 Å². The Morgan fingerprint density at radius 1 is 1.04 bits per heavy atom. The number of benzene rings is 2. The number of pyridine rings is 1. The fourth-order valence-electron chi connectivity index (χ4n) is 2.42. The van der Waals surface area contributed by atoms with Gasteiger partial charge in [0.1, 0.15) is 29.7 Å². The molecule has 128 valence electrons. The van der Waals surface area contributed by atoms with E-state index in [1.165, 1.54) is 12.1 Å². The van der Waals surface area contributed by atoms with E-state index >= 15 is 0 Å². The van der Waals surface area contributed by atoms with E-state index in [1.807, 2.05) is 24.3 Å². The van der Waals surface area contributed by atoms with Crippen molar-refractivity contribution in [2.24, 2.45) is 5.84 Å². The van der Waals surface area contributed by atoms with Crippen LogP contribution in [0, 0.1) is 5.82 Å². The quantitative estimate of drug-likeness (QED) is 0.420. The van der Waals surface area contributed by atoms with Gasteiger partial charge in [0.15, 0.2) is 5.82 Å². The highest BCUT2D eigenvalue weighted by Gasteiger charge is 2.10. The normalized spacial score (nSPS) is 10.5. The van der Waals surface area contributed by atoms with Gasteiger partial charge >= 0.3 is 0 Å². The molecule has 0 radical (unpaired) electrons. The monoisotopic (exact) mass is 339 g/mol. The smallest absolute Gasteiger partial charge is 0.169 e. The van der Waals surface area contributed by atoms with Crippen LogP contribution in [0.15, 0.2) is 54.6 Å². The van der Waals surface area contributed by atoms with Crippen LogP contribution in [0.1, 0.15) is 5.56 Å². The molecule has 2 aromatic carbocycles. The Hall–Kier alpha value is -3.32. The Morgan fingerprint density at radius 2 is 1.76 bits per heavy atom. The summed E-state index contributed by atoms with van der Waals surface area (Å²) < 4.78 is 19.5. The van der Waals surface area contributed by atoms with Gasteiger partial charge in [-0.05, 0) is 17.2 Å². The summed E-state index contributed by atoms with van der Waals surface area (Å²) in [7, 11) is 0. The molecule has 0 fully saturated rings. The third-order valence-electron chi connectivity index (χ3n) is 3.71. The molecular weight excluding hydrogens is 321 g/mol. The molecule has 0 spiro atoms. The number of rotatable bonds is 5. The van der Waals surface area contributed by atoms with Crippen LogP contribution in [-0.2, 0) is 6.61 Å². The molecule has 7 N–H and O–H groups in total. The SMILES string of the molecule is NNc1nc(N)cc(OCc2ccc(-c3ccccc3F)cc2)c1N. The molecule has 0 bridgehead atoms. The predicted molar refractivity (Wildman–Crippen MR) is 97.0 cm³/mol. The molecule has 0 aliphatic carbocycles. The van der Waals surface area contributed by atoms with E-state index in [1.54, 1.807) is 18.2 Å². The van der Waals surface area contributed by atoms with Gasteiger partial charge in [-0.3, -0.25) is 0 Å². The number of nitrogen functional groups attached to an aromatic ring is 3. The fourth-order valence-corrected chi connectivity index (χ4v) is 2.42. The van der Waals surface area contributed by atoms with Gasteiger partial charge in [0.05, 0.1) is 0 Å². The maximum absolute atomic E-state index is 13.8. The first-order valence-electron chi connectivity index (χ1n) is 7.57. The topological polar surface area (TPSA) is 112 Å². The van der Waals surface area contributed by atoms with Crippen LogP contribution in [-0.4, -0.2) is 4.98 Å². The van der Waals surface area contributed by atoms with Gasteiger partial charge in [0, 0.05) is 11.6 Å². The van der Waals surface area contributed by atoms with Crippen LogP contribution in [0.3, 0.4) is 0 Å². The van der Waals surface area contributed by atoms with Crippen molar-refractivity contribution >= 4 is 17.3 Å². The summed E-state index contributed by atoms with van der Waals surface area (Å²) in [6, 6.07) is 15.6. The lowest BCUT2D eigenvalue weighted by molar-refractivity contribution is 0.308. The largest absolute Gasteiger partial charge is 0.486 e. The highest BCUT2D eigenvalue weighted by atomic mass is 19.1. The zero-order valence-corrected chi connectivity index (χ0v) is 13.4. The zero-order valence-electron chi connectivity index (χ0n) is 13.4. The van der Waals surface area contributed by atoms with Crippen LogP contribution >= 0.6 is 0 Å². The first-order chi connectivity index (χ1) is 12.1. The molecule has 25 heavy (non-hydrogen) atoms. The van der Waals surface area contributed by atoms with Crippen molar-refractivity contribution in [3.05, 3.63) is 66.0 Å². The van der Waals surface area contributed by atoms with Crippen molar-refractivity contribution in [1.29, 1.82) is 0 Å². The Balaban J connectivity index is 1.75. The second-order valence-electron chi connectivity index (χ2n) is 5.42. The van der Waals surface area contributed by atoms with E-state index in [0.29, 0.717) is 11.3 Å². The van der Waals surface area contributed by atoms with Gasteiger partial charge in [-0.25, -0.2) is 15.2 Å². The summed E-state index contributed by atoms with van der Waals surface area (Å²) >= 11 is 0. The number of aromatic nitrogens is 1. The number of halogens is 1. The maximum atomic E-state index is 13.8. The van der Waals surface area contributed by atoms with Crippen molar-refractivity contribution in [3.63, 3.8) is 0 Å². The Kier molecular flexibility index (Phi) is 4.67. The molecule has 0 aliphatic heterocycles. The molecule has 3 aromatic rings. The van der Waals surface area contributed by atoms with Gasteiger partial charge in [0.25, 0.3) is 0 Å². The van der Waals surface area contributed by atoms with Gasteiger partial charge < -0.3 is 21.6 Å². The maximum Gasteiger partial charge on any atom is 0.169 e. The van der Waals surface area contributed by atoms with Crippen LogP contribution in [0.25, 0.3) is 11.1 Å². The minimum absolute atomic E-state index is 0.243. The average molecular weight is 339 g/mol. The Morgan fingerprint density at radius 3 is 2.44 bits per heavy atom. The number of anilines is 3. The van der Waals surface area contributed by atoms with E-state index in [9.17, 15) is 4.39 Å². The van der Waals surface area contributed by atoms with Crippen molar-refractivity contribution in [1.82, 2.24) is 4.98 Å². The molecule has 0 saturated carbocycles. The molecule has 3 rings (SSSR count). The Labute approximate surface area is 144 Å². The lowest BCUT2D eigenvalue weighted by atomic mass is 10.0. The summed E-state index contributed by atoms with van der Waals surface area (Å²) in [5.41, 5.74) is 16.5. The van der Waals surface area contributed by atoms with Gasteiger partial charge in [-0.1, -0.05) is 42.5 Å². The number of nitrogens with zero attached hydrogens (tertiary/aromatic N) is 1. The summed E-state index contributed by atoms with van der Waals surface area (Å²) in [4.78, 5) is 3.96. The van der Waals surface area contributed by atoms with E-state index in [4.69, 9.17) is 22.0 Å². The average Bonchev–Trinajstić information content (AvgIpc) is 2.63. The molecule has 0 atom stereocenters. The molecule has 6 nitrogen and oxygen atoms in total. The summed E-state index contributed by atoms with van der Waals surface area (Å²) in [5, 5.41) is 0. The standard InChI is InChI=1S/C18H18FN5O/c19-14-4-2-1-3-13(14)12-7-5-11(6-8-12)10-25-15-9-16(20)23-18(24-22)17(15)21/h1-9H,10,21-22H2,(H3,20,23,24). The summed E-state index contributed by atoms with van der Waals surface area (Å²) in [5.74, 6) is 5.97. The van der Waals surface area contributed by atoms with Crippen molar-refractivity contribution in [2.75, 3.05) is 16.9 Å². The lowest BCUT2D eigenvalue weighted by Crippen LogP contribution is -2.13. The number of hydrogen-bond acceptors (Lipinski definition) is 6. The summed E-state index contributed by atoms with van der Waals surface area (Å²) in [6.07, 6.45) is 0. The van der Waals surface area contributed by atoms with Crippen molar-refractivity contribution in [3.8, 4) is 16.9 Å². The van der Waals surface area contributed by atoms with Crippen LogP contribution in [0.4, 0.5) is 21.7 Å². The summed E-state index contributed by atoms with van der Waals surface area (Å²) in [6.45, 7) is 0.273. The number of ether oxygens (including phenoxy) is 1. The molecule has 0 saturated heterocycles. The lowest BCUT2D eigenvalue weighted by Gasteiger charge is -2.13. The van der Waals surface area contributed by atoms with Gasteiger partial charge in [-0.2, -0.15) is 0 Å². The third-order valence-corrected chi connectivity index (χ3v) is 3.71. The number of hydrazine groups is 1. The minimum Gasteiger partial charge on any atom is -0.486 e. The highest BCUT2D eigenvalue weighted by molar-refractivity contribution is 5.71. The molecule has 7 heteroatoms. The Bertz CT molecular complexity index is 883. The third kappa shape index (κ3) is 3.61. The molecule has 0 amide bonds.